The SMILES string of the molecule is NN1C=NC([N+](=O)[O-])=CC1. The van der Waals surface area contributed by atoms with Crippen molar-refractivity contribution in [2.45, 2.75) is 0 Å². The molecule has 2 N–H and O–H groups in total. The molecule has 0 aromatic carbocycles. The topological polar surface area (TPSA) is 84.8 Å². The molecule has 6 heteroatoms. The number of aliphatic imine (C=N–C) groups is 1. The van der Waals surface area contributed by atoms with Crippen LogP contribution in [-0.4, -0.2) is 22.8 Å². The second-order valence-corrected chi connectivity index (χ2v) is 1.76. The number of hydrazine groups is 1. The van der Waals surface area contributed by atoms with Crippen LogP contribution in [0.2, 0.25) is 0 Å². The molecule has 0 radical (unpaired) electrons. The summed E-state index contributed by atoms with van der Waals surface area (Å²) >= 11 is 0. The van der Waals surface area contributed by atoms with Gasteiger partial charge < -0.3 is 10.1 Å². The van der Waals surface area contributed by atoms with Crippen LogP contribution in [0.3, 0.4) is 0 Å². The number of rotatable bonds is 1. The first-order valence-corrected chi connectivity index (χ1v) is 2.60. The molecule has 6 nitrogen and oxygen atoms in total. The monoisotopic (exact) mass is 142 g/mol. The fraction of sp³-hybridized carbons (Fsp3) is 0.250. The Bertz CT molecular complexity index is 209. The van der Waals surface area contributed by atoms with Gasteiger partial charge in [0, 0.05) is 6.08 Å². The fourth-order valence-electron chi connectivity index (χ4n) is 0.542. The highest BCUT2D eigenvalue weighted by atomic mass is 16.6. The van der Waals surface area contributed by atoms with Gasteiger partial charge in [-0.25, -0.2) is 5.84 Å². The third-order valence-corrected chi connectivity index (χ3v) is 1.01. The summed E-state index contributed by atoms with van der Waals surface area (Å²) < 4.78 is 0. The van der Waals surface area contributed by atoms with Gasteiger partial charge in [0.15, 0.2) is 0 Å². The first kappa shape index (κ1) is 6.69. The van der Waals surface area contributed by atoms with E-state index >= 15 is 0 Å². The van der Waals surface area contributed by atoms with Crippen molar-refractivity contribution in [3.05, 3.63) is 22.0 Å². The summed E-state index contributed by atoms with van der Waals surface area (Å²) in [5, 5.41) is 11.3. The molecule has 0 fully saturated rings. The minimum atomic E-state index is -0.552. The van der Waals surface area contributed by atoms with Crippen LogP contribution in [0, 0.1) is 10.1 Å². The Labute approximate surface area is 56.8 Å². The van der Waals surface area contributed by atoms with Gasteiger partial charge in [-0.2, -0.15) is 0 Å². The van der Waals surface area contributed by atoms with E-state index < -0.39 is 4.92 Å². The lowest BCUT2D eigenvalue weighted by Gasteiger charge is -2.08. The van der Waals surface area contributed by atoms with Crippen LogP contribution in [0.25, 0.3) is 0 Å². The number of hydrogen-bond donors (Lipinski definition) is 1. The van der Waals surface area contributed by atoms with Crippen LogP contribution < -0.4 is 5.84 Å². The van der Waals surface area contributed by atoms with E-state index in [1.54, 1.807) is 0 Å². The second-order valence-electron chi connectivity index (χ2n) is 1.76. The fourth-order valence-corrected chi connectivity index (χ4v) is 0.542. The first-order valence-electron chi connectivity index (χ1n) is 2.60. The lowest BCUT2D eigenvalue weighted by molar-refractivity contribution is -0.426. The van der Waals surface area contributed by atoms with Gasteiger partial charge in [0.25, 0.3) is 0 Å². The van der Waals surface area contributed by atoms with E-state index in [-0.39, 0.29) is 5.82 Å². The molecule has 0 spiro atoms. The second kappa shape index (κ2) is 2.44. The third-order valence-electron chi connectivity index (χ3n) is 1.01. The molecule has 10 heavy (non-hydrogen) atoms. The van der Waals surface area contributed by atoms with Crippen LogP contribution in [-0.2, 0) is 0 Å². The summed E-state index contributed by atoms with van der Waals surface area (Å²) in [5.74, 6) is 5.06. The van der Waals surface area contributed by atoms with E-state index in [0.717, 1.165) is 0 Å². The van der Waals surface area contributed by atoms with Crippen molar-refractivity contribution in [2.75, 3.05) is 6.54 Å². The Morgan fingerprint density at radius 3 is 3.00 bits per heavy atom. The van der Waals surface area contributed by atoms with E-state index in [0.29, 0.717) is 6.54 Å². The zero-order valence-corrected chi connectivity index (χ0v) is 5.10. The van der Waals surface area contributed by atoms with Crippen LogP contribution in [0.15, 0.2) is 16.9 Å². The maximum Gasteiger partial charge on any atom is 0.362 e. The van der Waals surface area contributed by atoms with Crippen molar-refractivity contribution in [3.8, 4) is 0 Å². The van der Waals surface area contributed by atoms with Crippen molar-refractivity contribution in [1.29, 1.82) is 0 Å². The Morgan fingerprint density at radius 2 is 2.60 bits per heavy atom. The number of nitrogens with two attached hydrogens (primary N) is 1. The van der Waals surface area contributed by atoms with Crippen molar-refractivity contribution >= 4 is 6.34 Å². The maximum atomic E-state index is 10.0. The summed E-state index contributed by atoms with van der Waals surface area (Å²) in [6, 6.07) is 0. The summed E-state index contributed by atoms with van der Waals surface area (Å²) in [6.45, 7) is 0.333. The van der Waals surface area contributed by atoms with Crippen molar-refractivity contribution in [3.63, 3.8) is 0 Å². The van der Waals surface area contributed by atoms with E-state index in [4.69, 9.17) is 5.84 Å². The molecule has 0 unspecified atom stereocenters. The molecular formula is C4H6N4O2. The summed E-state index contributed by atoms with van der Waals surface area (Å²) in [6.07, 6.45) is 2.57. The molecule has 1 aliphatic rings. The number of hydrogen-bond acceptors (Lipinski definition) is 5. The van der Waals surface area contributed by atoms with Crippen molar-refractivity contribution in [2.24, 2.45) is 10.8 Å². The zero-order valence-electron chi connectivity index (χ0n) is 5.10. The Kier molecular flexibility index (Phi) is 1.63. The van der Waals surface area contributed by atoms with Crippen LogP contribution in [0.5, 0.6) is 0 Å². The summed E-state index contributed by atoms with van der Waals surface area (Å²) in [4.78, 5) is 12.9. The zero-order chi connectivity index (χ0) is 7.56. The van der Waals surface area contributed by atoms with Crippen molar-refractivity contribution < 1.29 is 4.92 Å². The molecule has 0 atom stereocenters. The predicted molar refractivity (Wildman–Crippen MR) is 34.5 cm³/mol. The normalized spacial score (nSPS) is 16.9. The highest BCUT2D eigenvalue weighted by Crippen LogP contribution is 2.00. The standard InChI is InChI=1S/C4H6N4O2/c5-7-2-1-4(6-3-7)8(9)10/h1,3H,2,5H2. The molecule has 0 aromatic heterocycles. The Balaban J connectivity index is 2.67. The molecule has 0 aromatic rings. The van der Waals surface area contributed by atoms with Crippen LogP contribution >= 0.6 is 0 Å². The van der Waals surface area contributed by atoms with Gasteiger partial charge in [-0.15, -0.1) is 0 Å². The molecular weight excluding hydrogens is 136 g/mol. The van der Waals surface area contributed by atoms with E-state index in [9.17, 15) is 10.1 Å². The van der Waals surface area contributed by atoms with Gasteiger partial charge in [0.2, 0.25) is 6.34 Å². The lowest BCUT2D eigenvalue weighted by atomic mass is 10.5. The Hall–Kier alpha value is -1.43. The average molecular weight is 142 g/mol. The van der Waals surface area contributed by atoms with Gasteiger partial charge in [0.1, 0.15) is 0 Å². The minimum Gasteiger partial charge on any atom is -0.358 e. The Morgan fingerprint density at radius 1 is 1.90 bits per heavy atom. The first-order chi connectivity index (χ1) is 4.70. The molecule has 0 aliphatic carbocycles. The average Bonchev–Trinajstić information content (AvgIpc) is 1.88. The minimum absolute atomic E-state index is 0.151. The molecule has 1 aliphatic heterocycles. The maximum absolute atomic E-state index is 10.0. The van der Waals surface area contributed by atoms with Crippen molar-refractivity contribution in [1.82, 2.24) is 5.01 Å². The third kappa shape index (κ3) is 1.29. The van der Waals surface area contributed by atoms with Crippen LogP contribution in [0.1, 0.15) is 0 Å². The molecule has 0 saturated heterocycles. The molecule has 1 rings (SSSR count). The smallest absolute Gasteiger partial charge is 0.358 e. The van der Waals surface area contributed by atoms with Gasteiger partial charge in [-0.3, -0.25) is 5.01 Å². The van der Waals surface area contributed by atoms with Gasteiger partial charge in [-0.1, -0.05) is 0 Å². The molecule has 0 amide bonds. The lowest BCUT2D eigenvalue weighted by Crippen LogP contribution is -2.32. The van der Waals surface area contributed by atoms with Crippen LogP contribution in [0.4, 0.5) is 0 Å². The van der Waals surface area contributed by atoms with Gasteiger partial charge >= 0.3 is 5.82 Å². The summed E-state index contributed by atoms with van der Waals surface area (Å²) in [7, 11) is 0. The molecule has 0 saturated carbocycles. The van der Waals surface area contributed by atoms with E-state index in [1.165, 1.54) is 17.4 Å². The highest BCUT2D eigenvalue weighted by molar-refractivity contribution is 5.57. The quantitative estimate of drug-likeness (QED) is 0.298. The molecule has 0 bridgehead atoms. The van der Waals surface area contributed by atoms with Gasteiger partial charge in [0.05, 0.1) is 6.54 Å². The number of nitro groups is 1. The van der Waals surface area contributed by atoms with E-state index in [2.05, 4.69) is 4.99 Å². The largest absolute Gasteiger partial charge is 0.362 e. The number of nitrogens with zero attached hydrogens (tertiary/aromatic N) is 3. The van der Waals surface area contributed by atoms with E-state index in [1.807, 2.05) is 0 Å². The van der Waals surface area contributed by atoms with Gasteiger partial charge in [-0.05, 0) is 9.92 Å². The predicted octanol–water partition coefficient (Wildman–Crippen LogP) is -0.678. The molecule has 54 valence electrons. The summed E-state index contributed by atoms with van der Waals surface area (Å²) in [5.41, 5.74) is 0. The molecule has 1 heterocycles. The highest BCUT2D eigenvalue weighted by Gasteiger charge is 2.12.